The van der Waals surface area contributed by atoms with Gasteiger partial charge in [-0.15, -0.1) is 11.3 Å². The van der Waals surface area contributed by atoms with Gasteiger partial charge in [0, 0.05) is 27.2 Å². The molecule has 1 N–H and O–H groups in total. The first-order chi connectivity index (χ1) is 7.25. The van der Waals surface area contributed by atoms with Crippen molar-refractivity contribution in [1.82, 2.24) is 5.32 Å². The summed E-state index contributed by atoms with van der Waals surface area (Å²) in [7, 11) is 0. The van der Waals surface area contributed by atoms with Gasteiger partial charge in [0.05, 0.1) is 0 Å². The van der Waals surface area contributed by atoms with E-state index in [0.717, 1.165) is 28.7 Å². The molecule has 2 heterocycles. The van der Waals surface area contributed by atoms with E-state index in [-0.39, 0.29) is 6.04 Å². The van der Waals surface area contributed by atoms with Crippen LogP contribution in [0.3, 0.4) is 0 Å². The molecule has 84 valence electrons. The lowest BCUT2D eigenvalue weighted by Crippen LogP contribution is -2.41. The Labute approximate surface area is 102 Å². The van der Waals surface area contributed by atoms with Crippen molar-refractivity contribution in [3.8, 4) is 0 Å². The predicted molar refractivity (Wildman–Crippen MR) is 66.3 cm³/mol. The monoisotopic (exact) mass is 291 g/mol. The summed E-state index contributed by atoms with van der Waals surface area (Å²) in [5.41, 5.74) is 0. The Balaban J connectivity index is 1.88. The quantitative estimate of drug-likeness (QED) is 0.898. The highest BCUT2D eigenvalue weighted by atomic mass is 79.9. The second kappa shape index (κ2) is 5.41. The maximum atomic E-state index is 13.9. The van der Waals surface area contributed by atoms with Crippen molar-refractivity contribution in [2.75, 3.05) is 6.54 Å². The molecule has 1 nitrogen and oxygen atoms in total. The molecule has 1 fully saturated rings. The van der Waals surface area contributed by atoms with Crippen LogP contribution in [-0.4, -0.2) is 18.8 Å². The van der Waals surface area contributed by atoms with Crippen LogP contribution in [0, 0.1) is 0 Å². The first kappa shape index (κ1) is 11.6. The van der Waals surface area contributed by atoms with E-state index in [4.69, 9.17) is 0 Å². The third-order valence-electron chi connectivity index (χ3n) is 2.80. The van der Waals surface area contributed by atoms with Crippen molar-refractivity contribution in [1.29, 1.82) is 0 Å². The second-order valence-electron chi connectivity index (χ2n) is 4.01. The van der Waals surface area contributed by atoms with E-state index in [1.54, 1.807) is 11.3 Å². The van der Waals surface area contributed by atoms with Crippen LogP contribution in [0.4, 0.5) is 4.39 Å². The second-order valence-corrected chi connectivity index (χ2v) is 5.92. The van der Waals surface area contributed by atoms with Crippen LogP contribution in [-0.2, 0) is 6.42 Å². The molecule has 0 saturated carbocycles. The maximum absolute atomic E-state index is 13.9. The van der Waals surface area contributed by atoms with Gasteiger partial charge in [0.15, 0.2) is 0 Å². The number of rotatable bonds is 3. The number of thiophene rings is 1. The fourth-order valence-electron chi connectivity index (χ4n) is 1.98. The van der Waals surface area contributed by atoms with Gasteiger partial charge in [-0.1, -0.05) is 6.42 Å². The van der Waals surface area contributed by atoms with E-state index in [2.05, 4.69) is 21.2 Å². The van der Waals surface area contributed by atoms with Crippen molar-refractivity contribution in [2.24, 2.45) is 0 Å². The Kier molecular flexibility index (Phi) is 4.17. The average molecular weight is 292 g/mol. The molecule has 1 aliphatic rings. The normalized spacial score (nSPS) is 24.0. The molecule has 2 atom stereocenters. The molecular formula is C11H15BrFNS. The van der Waals surface area contributed by atoms with Gasteiger partial charge < -0.3 is 5.32 Å². The number of hydrogen-bond donors (Lipinski definition) is 1. The van der Waals surface area contributed by atoms with Gasteiger partial charge in [-0.2, -0.15) is 0 Å². The van der Waals surface area contributed by atoms with Gasteiger partial charge in [0.2, 0.25) is 0 Å². The molecule has 0 radical (unpaired) electrons. The van der Waals surface area contributed by atoms with E-state index in [9.17, 15) is 4.39 Å². The SMILES string of the molecule is FC(Cc1cc(Br)cs1)C1CCCCN1. The fourth-order valence-corrected chi connectivity index (χ4v) is 3.47. The molecule has 15 heavy (non-hydrogen) atoms. The van der Waals surface area contributed by atoms with Crippen LogP contribution in [0.15, 0.2) is 15.9 Å². The van der Waals surface area contributed by atoms with Crippen molar-refractivity contribution < 1.29 is 4.39 Å². The van der Waals surface area contributed by atoms with E-state index in [1.165, 1.54) is 6.42 Å². The highest BCUT2D eigenvalue weighted by Crippen LogP contribution is 2.24. The summed E-state index contributed by atoms with van der Waals surface area (Å²) in [5.74, 6) is 0. The fraction of sp³-hybridized carbons (Fsp3) is 0.636. The van der Waals surface area contributed by atoms with Crippen LogP contribution in [0.1, 0.15) is 24.1 Å². The summed E-state index contributed by atoms with van der Waals surface area (Å²) in [5, 5.41) is 5.27. The first-order valence-electron chi connectivity index (χ1n) is 5.36. The van der Waals surface area contributed by atoms with Crippen LogP contribution < -0.4 is 5.32 Å². The van der Waals surface area contributed by atoms with Gasteiger partial charge in [-0.3, -0.25) is 0 Å². The number of nitrogens with one attached hydrogen (secondary N) is 1. The number of piperidine rings is 1. The van der Waals surface area contributed by atoms with Gasteiger partial charge in [-0.05, 0) is 41.4 Å². The van der Waals surface area contributed by atoms with E-state index < -0.39 is 6.17 Å². The molecule has 2 unspecified atom stereocenters. The molecule has 1 aromatic heterocycles. The van der Waals surface area contributed by atoms with Gasteiger partial charge in [0.25, 0.3) is 0 Å². The van der Waals surface area contributed by atoms with Gasteiger partial charge in [-0.25, -0.2) is 4.39 Å². The molecule has 0 aliphatic carbocycles. The number of hydrogen-bond acceptors (Lipinski definition) is 2. The Hall–Kier alpha value is 0.0700. The van der Waals surface area contributed by atoms with Crippen LogP contribution >= 0.6 is 27.3 Å². The van der Waals surface area contributed by atoms with Crippen molar-refractivity contribution in [3.63, 3.8) is 0 Å². The van der Waals surface area contributed by atoms with Crippen molar-refractivity contribution in [3.05, 3.63) is 20.8 Å². The Morgan fingerprint density at radius 1 is 1.60 bits per heavy atom. The zero-order valence-electron chi connectivity index (χ0n) is 8.51. The first-order valence-corrected chi connectivity index (χ1v) is 7.03. The summed E-state index contributed by atoms with van der Waals surface area (Å²) in [6.07, 6.45) is 3.14. The minimum Gasteiger partial charge on any atom is -0.311 e. The minimum atomic E-state index is -0.740. The largest absolute Gasteiger partial charge is 0.311 e. The van der Waals surface area contributed by atoms with Crippen LogP contribution in [0.5, 0.6) is 0 Å². The molecule has 0 bridgehead atoms. The van der Waals surface area contributed by atoms with E-state index >= 15 is 0 Å². The topological polar surface area (TPSA) is 12.0 Å². The molecule has 2 rings (SSSR count). The van der Waals surface area contributed by atoms with Crippen LogP contribution in [0.25, 0.3) is 0 Å². The zero-order valence-corrected chi connectivity index (χ0v) is 10.9. The molecule has 4 heteroatoms. The van der Waals surface area contributed by atoms with Crippen molar-refractivity contribution in [2.45, 2.75) is 37.9 Å². The van der Waals surface area contributed by atoms with Crippen molar-refractivity contribution >= 4 is 27.3 Å². The van der Waals surface area contributed by atoms with Gasteiger partial charge >= 0.3 is 0 Å². The molecule has 1 aliphatic heterocycles. The summed E-state index contributed by atoms with van der Waals surface area (Å²) in [6.45, 7) is 0.971. The van der Waals surface area contributed by atoms with E-state index in [0.29, 0.717) is 6.42 Å². The summed E-state index contributed by atoms with van der Waals surface area (Å²) >= 11 is 5.02. The predicted octanol–water partition coefficient (Wildman–Crippen LogP) is 3.53. The highest BCUT2D eigenvalue weighted by molar-refractivity contribution is 9.10. The summed E-state index contributed by atoms with van der Waals surface area (Å²) in [4.78, 5) is 1.13. The number of halogens is 2. The third-order valence-corrected chi connectivity index (χ3v) is 4.52. The minimum absolute atomic E-state index is 0.0691. The lowest BCUT2D eigenvalue weighted by atomic mass is 9.98. The average Bonchev–Trinajstić information content (AvgIpc) is 2.65. The molecule has 0 aromatic carbocycles. The maximum Gasteiger partial charge on any atom is 0.120 e. The molecule has 1 aromatic rings. The molecular weight excluding hydrogens is 277 g/mol. The molecule has 0 amide bonds. The van der Waals surface area contributed by atoms with E-state index in [1.807, 2.05) is 11.4 Å². The number of alkyl halides is 1. The third kappa shape index (κ3) is 3.26. The molecule has 1 saturated heterocycles. The lowest BCUT2D eigenvalue weighted by Gasteiger charge is -2.26. The Morgan fingerprint density at radius 2 is 2.47 bits per heavy atom. The lowest BCUT2D eigenvalue weighted by molar-refractivity contribution is 0.218. The Bertz CT molecular complexity index is 309. The highest BCUT2D eigenvalue weighted by Gasteiger charge is 2.23. The summed E-state index contributed by atoms with van der Waals surface area (Å²) in [6, 6.07) is 2.08. The molecule has 0 spiro atoms. The smallest absolute Gasteiger partial charge is 0.120 e. The van der Waals surface area contributed by atoms with Gasteiger partial charge in [0.1, 0.15) is 6.17 Å². The van der Waals surface area contributed by atoms with Crippen LogP contribution in [0.2, 0.25) is 0 Å². The standard InChI is InChI=1S/C11H15BrFNS/c12-8-5-9(15-7-8)6-10(13)11-3-1-2-4-14-11/h5,7,10-11,14H,1-4,6H2. The zero-order chi connectivity index (χ0) is 10.7. The Morgan fingerprint density at radius 3 is 3.07 bits per heavy atom. The summed E-state index contributed by atoms with van der Waals surface area (Å²) < 4.78 is 15.0.